The number of carbonyl (C=O) groups excluding carboxylic acids is 3. The molecule has 0 aromatic heterocycles. The highest BCUT2D eigenvalue weighted by Crippen LogP contribution is 2.35. The molecule has 0 saturated carbocycles. The third-order valence-electron chi connectivity index (χ3n) is 4.99. The molecule has 8 heteroatoms. The Morgan fingerprint density at radius 1 is 1.06 bits per heavy atom. The second-order valence-corrected chi connectivity index (χ2v) is 9.87. The number of ether oxygens (including phenoxy) is 2. The molecule has 2 amide bonds. The maximum Gasteiger partial charge on any atom is 0.326 e. The zero-order chi connectivity index (χ0) is 24.2. The van der Waals surface area contributed by atoms with Gasteiger partial charge in [0.15, 0.2) is 0 Å². The molecule has 3 aromatic rings. The number of esters is 1. The summed E-state index contributed by atoms with van der Waals surface area (Å²) in [6, 6.07) is 19.7. The number of nitrogens with zero attached hydrogens (tertiary/aromatic N) is 1. The van der Waals surface area contributed by atoms with Gasteiger partial charge in [-0.25, -0.2) is 0 Å². The van der Waals surface area contributed by atoms with Gasteiger partial charge in [0, 0.05) is 10.0 Å². The first kappa shape index (κ1) is 24.0. The van der Waals surface area contributed by atoms with Crippen LogP contribution in [0.15, 0.2) is 70.0 Å². The molecule has 0 N–H and O–H groups in total. The first-order chi connectivity index (χ1) is 16.3. The predicted molar refractivity (Wildman–Crippen MR) is 136 cm³/mol. The molecule has 1 aliphatic rings. The number of hydrogen-bond donors (Lipinski definition) is 0. The average molecular weight is 540 g/mol. The van der Waals surface area contributed by atoms with Crippen LogP contribution in [0.3, 0.4) is 0 Å². The van der Waals surface area contributed by atoms with Crippen LogP contribution in [0.5, 0.6) is 5.75 Å². The number of amides is 2. The van der Waals surface area contributed by atoms with Crippen molar-refractivity contribution in [2.75, 3.05) is 6.54 Å². The Morgan fingerprint density at radius 3 is 2.59 bits per heavy atom. The number of hydrogen-bond acceptors (Lipinski definition) is 6. The smallest absolute Gasteiger partial charge is 0.326 e. The van der Waals surface area contributed by atoms with E-state index in [9.17, 15) is 14.4 Å². The van der Waals surface area contributed by atoms with Gasteiger partial charge in [0.1, 0.15) is 18.9 Å². The van der Waals surface area contributed by atoms with Gasteiger partial charge in [-0.1, -0.05) is 52.3 Å². The highest BCUT2D eigenvalue weighted by Gasteiger charge is 2.37. The summed E-state index contributed by atoms with van der Waals surface area (Å²) in [4.78, 5) is 38.2. The van der Waals surface area contributed by atoms with Crippen molar-refractivity contribution in [2.24, 2.45) is 0 Å². The average Bonchev–Trinajstić information content (AvgIpc) is 3.05. The molecule has 0 atom stereocenters. The first-order valence-corrected chi connectivity index (χ1v) is 12.3. The van der Waals surface area contributed by atoms with Crippen molar-refractivity contribution in [2.45, 2.75) is 26.6 Å². The van der Waals surface area contributed by atoms with Crippen molar-refractivity contribution < 1.29 is 23.9 Å². The summed E-state index contributed by atoms with van der Waals surface area (Å²) in [5.74, 6) is -0.584. The molecule has 0 unspecified atom stereocenters. The van der Waals surface area contributed by atoms with Crippen molar-refractivity contribution in [1.82, 2.24) is 4.90 Å². The van der Waals surface area contributed by atoms with Gasteiger partial charge in [-0.05, 0) is 72.3 Å². The molecule has 0 radical (unpaired) electrons. The van der Waals surface area contributed by atoms with Crippen LogP contribution in [0.2, 0.25) is 0 Å². The minimum atomic E-state index is -0.625. The number of rotatable bonds is 7. The van der Waals surface area contributed by atoms with E-state index in [4.69, 9.17) is 9.47 Å². The lowest BCUT2D eigenvalue weighted by molar-refractivity contribution is -0.149. The van der Waals surface area contributed by atoms with Crippen molar-refractivity contribution in [1.29, 1.82) is 0 Å². The van der Waals surface area contributed by atoms with Gasteiger partial charge in [0.05, 0.1) is 11.0 Å². The van der Waals surface area contributed by atoms with Crippen LogP contribution in [0.25, 0.3) is 16.8 Å². The summed E-state index contributed by atoms with van der Waals surface area (Å²) < 4.78 is 11.9. The third kappa shape index (κ3) is 5.69. The topological polar surface area (TPSA) is 72.9 Å². The molecule has 0 aliphatic carbocycles. The van der Waals surface area contributed by atoms with E-state index in [1.54, 1.807) is 26.0 Å². The van der Waals surface area contributed by atoms with Crippen LogP contribution < -0.4 is 4.74 Å². The van der Waals surface area contributed by atoms with Gasteiger partial charge in [-0.3, -0.25) is 19.3 Å². The zero-order valence-corrected chi connectivity index (χ0v) is 21.0. The number of benzene rings is 3. The molecule has 4 rings (SSSR count). The lowest BCUT2D eigenvalue weighted by atomic mass is 10.1. The van der Waals surface area contributed by atoms with Crippen LogP contribution in [0.1, 0.15) is 25.0 Å². The predicted octanol–water partition coefficient (Wildman–Crippen LogP) is 6.17. The number of fused-ring (bicyclic) bond motifs is 1. The number of halogens is 1. The summed E-state index contributed by atoms with van der Waals surface area (Å²) in [6.07, 6.45) is 1.28. The Morgan fingerprint density at radius 2 is 1.82 bits per heavy atom. The van der Waals surface area contributed by atoms with Crippen LogP contribution in [-0.4, -0.2) is 34.7 Å². The van der Waals surface area contributed by atoms with Crippen LogP contribution in [0, 0.1) is 0 Å². The van der Waals surface area contributed by atoms with E-state index < -0.39 is 23.7 Å². The van der Waals surface area contributed by atoms with Crippen LogP contribution in [0.4, 0.5) is 4.79 Å². The lowest BCUT2D eigenvalue weighted by Gasteiger charge is -2.13. The van der Waals surface area contributed by atoms with E-state index in [0.29, 0.717) is 17.9 Å². The summed E-state index contributed by atoms with van der Waals surface area (Å²) in [7, 11) is 0. The summed E-state index contributed by atoms with van der Waals surface area (Å²) >= 11 is 4.24. The first-order valence-electron chi connectivity index (χ1n) is 10.6. The van der Waals surface area contributed by atoms with Crippen molar-refractivity contribution >= 4 is 61.7 Å². The molecule has 34 heavy (non-hydrogen) atoms. The van der Waals surface area contributed by atoms with Crippen LogP contribution >= 0.6 is 27.7 Å². The summed E-state index contributed by atoms with van der Waals surface area (Å²) in [5.41, 5.74) is 1.65. The standard InChI is InChI=1S/C26H22BrNO5S/c1-16(2)33-24(29)14-28-25(30)23(34-26(28)31)13-20-12-21(27)9-10-22(20)32-15-17-7-8-18-5-3-4-6-19(18)11-17/h3-13,16H,14-15H2,1-2H3/b23-13+. The molecule has 0 bridgehead atoms. The molecular formula is C26H22BrNO5S. The molecule has 1 heterocycles. The quantitative estimate of drug-likeness (QED) is 0.264. The van der Waals surface area contributed by atoms with E-state index in [1.165, 1.54) is 0 Å². The highest BCUT2D eigenvalue weighted by atomic mass is 79.9. The molecule has 174 valence electrons. The van der Waals surface area contributed by atoms with E-state index in [0.717, 1.165) is 37.5 Å². The van der Waals surface area contributed by atoms with Crippen molar-refractivity contribution in [3.05, 3.63) is 81.2 Å². The van der Waals surface area contributed by atoms with Crippen molar-refractivity contribution in [3.63, 3.8) is 0 Å². The van der Waals surface area contributed by atoms with Gasteiger partial charge in [-0.15, -0.1) is 0 Å². The highest BCUT2D eigenvalue weighted by molar-refractivity contribution is 9.10. The zero-order valence-electron chi connectivity index (χ0n) is 18.6. The Bertz CT molecular complexity index is 1300. The summed E-state index contributed by atoms with van der Waals surface area (Å²) in [6.45, 7) is 3.34. The fourth-order valence-corrected chi connectivity index (χ4v) is 4.67. The lowest BCUT2D eigenvalue weighted by Crippen LogP contribution is -2.35. The van der Waals surface area contributed by atoms with Gasteiger partial charge in [0.25, 0.3) is 11.1 Å². The van der Waals surface area contributed by atoms with Gasteiger partial charge < -0.3 is 9.47 Å². The number of imide groups is 1. The van der Waals surface area contributed by atoms with E-state index in [1.807, 2.05) is 30.3 Å². The van der Waals surface area contributed by atoms with Gasteiger partial charge >= 0.3 is 5.97 Å². The summed E-state index contributed by atoms with van der Waals surface area (Å²) in [5, 5.41) is 1.78. The van der Waals surface area contributed by atoms with Crippen LogP contribution in [-0.2, 0) is 20.9 Å². The molecule has 1 aliphatic heterocycles. The fraction of sp³-hybridized carbons (Fsp3) is 0.192. The molecule has 6 nitrogen and oxygen atoms in total. The monoisotopic (exact) mass is 539 g/mol. The van der Waals surface area contributed by atoms with Gasteiger partial charge in [0.2, 0.25) is 0 Å². The number of thioether (sulfide) groups is 1. The molecular weight excluding hydrogens is 518 g/mol. The maximum atomic E-state index is 12.8. The second-order valence-electron chi connectivity index (χ2n) is 7.96. The minimum Gasteiger partial charge on any atom is -0.488 e. The normalized spacial score (nSPS) is 14.9. The molecule has 0 spiro atoms. The molecule has 1 saturated heterocycles. The number of carbonyl (C=O) groups is 3. The SMILES string of the molecule is CC(C)OC(=O)CN1C(=O)S/C(=C/c2cc(Br)ccc2OCc2ccc3ccccc3c2)C1=O. The van der Waals surface area contributed by atoms with E-state index in [-0.39, 0.29) is 11.0 Å². The van der Waals surface area contributed by atoms with E-state index in [2.05, 4.69) is 40.2 Å². The molecule has 1 fully saturated rings. The second kappa shape index (κ2) is 10.4. The Balaban J connectivity index is 1.53. The Labute approximate surface area is 210 Å². The van der Waals surface area contributed by atoms with E-state index >= 15 is 0 Å². The largest absolute Gasteiger partial charge is 0.488 e. The third-order valence-corrected chi connectivity index (χ3v) is 6.40. The Kier molecular flexibility index (Phi) is 7.38. The Hall–Kier alpha value is -3.10. The van der Waals surface area contributed by atoms with Crippen molar-refractivity contribution in [3.8, 4) is 5.75 Å². The minimum absolute atomic E-state index is 0.219. The fourth-order valence-electron chi connectivity index (χ4n) is 3.46. The maximum absolute atomic E-state index is 12.8. The van der Waals surface area contributed by atoms with Gasteiger partial charge in [-0.2, -0.15) is 0 Å². The molecule has 3 aromatic carbocycles.